The summed E-state index contributed by atoms with van der Waals surface area (Å²) < 4.78 is 21.7. The molecule has 2 aromatic carbocycles. The van der Waals surface area contributed by atoms with Gasteiger partial charge in [0.2, 0.25) is 5.89 Å². The van der Waals surface area contributed by atoms with Crippen LogP contribution in [0.3, 0.4) is 0 Å². The maximum absolute atomic E-state index is 11.8. The molecule has 0 aliphatic rings. The number of amides is 1. The second kappa shape index (κ2) is 13.3. The molecular weight excluding hydrogens is 460 g/mol. The predicted octanol–water partition coefficient (Wildman–Crippen LogP) is 5.30. The molecular formula is C28H36N2O6. The molecule has 1 aromatic heterocycles. The van der Waals surface area contributed by atoms with Gasteiger partial charge < -0.3 is 23.9 Å². The Balaban J connectivity index is 0.00000481. The summed E-state index contributed by atoms with van der Waals surface area (Å²) in [6.45, 7) is 6.34. The van der Waals surface area contributed by atoms with Crippen molar-refractivity contribution in [2.75, 3.05) is 20.3 Å². The van der Waals surface area contributed by atoms with Crippen molar-refractivity contribution < 1.29 is 29.6 Å². The molecule has 0 saturated carbocycles. The van der Waals surface area contributed by atoms with Crippen LogP contribution in [-0.4, -0.2) is 43.4 Å². The number of hydrogen-bond donors (Lipinski definition) is 1. The van der Waals surface area contributed by atoms with Gasteiger partial charge in [0, 0.05) is 26.4 Å². The Labute approximate surface area is 213 Å². The maximum atomic E-state index is 11.8. The summed E-state index contributed by atoms with van der Waals surface area (Å²) in [6, 6.07) is 15.6. The van der Waals surface area contributed by atoms with Crippen molar-refractivity contribution in [3.8, 4) is 17.2 Å². The normalized spacial score (nSPS) is 10.8. The van der Waals surface area contributed by atoms with E-state index in [2.05, 4.69) is 10.3 Å². The van der Waals surface area contributed by atoms with E-state index in [1.165, 1.54) is 7.11 Å². The predicted molar refractivity (Wildman–Crippen MR) is 138 cm³/mol. The van der Waals surface area contributed by atoms with Crippen molar-refractivity contribution in [3.63, 3.8) is 0 Å². The monoisotopic (exact) mass is 496 g/mol. The Bertz CT molecular complexity index is 1150. The summed E-state index contributed by atoms with van der Waals surface area (Å²) in [5.41, 5.74) is 3.79. The lowest BCUT2D eigenvalue weighted by Crippen LogP contribution is -2.28. The lowest BCUT2D eigenvalue weighted by Gasteiger charge is -2.14. The van der Waals surface area contributed by atoms with Crippen LogP contribution >= 0.6 is 0 Å². The van der Waals surface area contributed by atoms with Crippen molar-refractivity contribution in [1.29, 1.82) is 0 Å². The first kappa shape index (κ1) is 26.8. The maximum Gasteiger partial charge on any atom is 0.407 e. The minimum Gasteiger partial charge on any atom is -0.493 e. The second-order valence-corrected chi connectivity index (χ2v) is 8.62. The summed E-state index contributed by atoms with van der Waals surface area (Å²) >= 11 is 0. The highest BCUT2D eigenvalue weighted by Gasteiger charge is 2.13. The highest BCUT2D eigenvalue weighted by Crippen LogP contribution is 2.23. The van der Waals surface area contributed by atoms with Crippen LogP contribution in [0, 0.1) is 6.92 Å². The van der Waals surface area contributed by atoms with Crippen molar-refractivity contribution in [2.24, 2.45) is 0 Å². The first-order valence-corrected chi connectivity index (χ1v) is 12.1. The summed E-state index contributed by atoms with van der Waals surface area (Å²) in [4.78, 5) is 28.1. The number of hydrogen-bond acceptors (Lipinski definition) is 7. The molecule has 1 N–H and O–H groups in total. The number of carbonyl (C=O) groups excluding carboxylic acids is 2. The molecule has 3 rings (SSSR count). The second-order valence-electron chi connectivity index (χ2n) is 8.62. The first-order valence-electron chi connectivity index (χ1n) is 12.1. The number of nitrogens with one attached hydrogen (secondary N) is 1. The van der Waals surface area contributed by atoms with E-state index in [-0.39, 0.29) is 19.9 Å². The number of alkyl carbamates (subject to hydrolysis) is 1. The standard InChI is InChI=1S/C28H34N2O6.H2/c1-19(2)35-28(32)29-16-14-23-18-24(12-10-21(23)11-13-26(31)33-4)34-17-15-25-20(3)36-27(30-25)22-8-6-5-7-9-22;/h5-10,12,18-19H,11,13-17H2,1-4H3,(H,29,32);1H. The molecule has 0 unspecified atom stereocenters. The van der Waals surface area contributed by atoms with Crippen LogP contribution in [0.25, 0.3) is 11.5 Å². The molecule has 0 bridgehead atoms. The molecule has 8 heteroatoms. The van der Waals surface area contributed by atoms with Gasteiger partial charge in [-0.25, -0.2) is 9.78 Å². The highest BCUT2D eigenvalue weighted by atomic mass is 16.6. The van der Waals surface area contributed by atoms with E-state index in [0.717, 1.165) is 28.1 Å². The van der Waals surface area contributed by atoms with Gasteiger partial charge >= 0.3 is 12.1 Å². The lowest BCUT2D eigenvalue weighted by atomic mass is 10.00. The van der Waals surface area contributed by atoms with E-state index < -0.39 is 6.09 Å². The Morgan fingerprint density at radius 3 is 2.56 bits per heavy atom. The topological polar surface area (TPSA) is 99.9 Å². The molecule has 3 aromatic rings. The van der Waals surface area contributed by atoms with Gasteiger partial charge in [-0.2, -0.15) is 0 Å². The molecule has 1 heterocycles. The van der Waals surface area contributed by atoms with E-state index in [1.54, 1.807) is 13.8 Å². The molecule has 0 atom stereocenters. The summed E-state index contributed by atoms with van der Waals surface area (Å²) in [5.74, 6) is 1.82. The molecule has 1 amide bonds. The Morgan fingerprint density at radius 2 is 1.83 bits per heavy atom. The summed E-state index contributed by atoms with van der Waals surface area (Å²) in [5, 5.41) is 2.76. The number of nitrogens with zero attached hydrogens (tertiary/aromatic N) is 1. The molecule has 0 fully saturated rings. The quantitative estimate of drug-likeness (QED) is 0.340. The number of benzene rings is 2. The highest BCUT2D eigenvalue weighted by molar-refractivity contribution is 5.69. The molecule has 0 radical (unpaired) electrons. The fourth-order valence-corrected chi connectivity index (χ4v) is 3.69. The molecule has 194 valence electrons. The smallest absolute Gasteiger partial charge is 0.407 e. The van der Waals surface area contributed by atoms with Crippen LogP contribution in [0.1, 0.15) is 44.3 Å². The number of rotatable bonds is 12. The number of carbonyl (C=O) groups is 2. The van der Waals surface area contributed by atoms with Crippen molar-refractivity contribution in [1.82, 2.24) is 10.3 Å². The van der Waals surface area contributed by atoms with Crippen LogP contribution in [0.15, 0.2) is 52.9 Å². The molecule has 0 saturated heterocycles. The fourth-order valence-electron chi connectivity index (χ4n) is 3.69. The van der Waals surface area contributed by atoms with Gasteiger partial charge in [0.05, 0.1) is 25.5 Å². The zero-order valence-electron chi connectivity index (χ0n) is 21.3. The first-order chi connectivity index (χ1) is 17.4. The number of aryl methyl sites for hydroxylation is 2. The van der Waals surface area contributed by atoms with Gasteiger partial charge in [-0.3, -0.25) is 4.79 Å². The van der Waals surface area contributed by atoms with E-state index >= 15 is 0 Å². The Kier molecular flexibility index (Phi) is 9.92. The lowest BCUT2D eigenvalue weighted by molar-refractivity contribution is -0.140. The number of aromatic nitrogens is 1. The van der Waals surface area contributed by atoms with Crippen LogP contribution in [0.2, 0.25) is 0 Å². The average molecular weight is 497 g/mol. The number of ether oxygens (including phenoxy) is 3. The van der Waals surface area contributed by atoms with E-state index in [0.29, 0.717) is 44.1 Å². The van der Waals surface area contributed by atoms with Gasteiger partial charge in [-0.15, -0.1) is 0 Å². The Morgan fingerprint density at radius 1 is 1.06 bits per heavy atom. The average Bonchev–Trinajstić information content (AvgIpc) is 3.23. The SMILES string of the molecule is COC(=O)CCc1ccc(OCCc2nc(-c3ccccc3)oc2C)cc1CCNC(=O)OC(C)C.[HH]. The minimum atomic E-state index is -0.452. The molecule has 0 aliphatic heterocycles. The van der Waals surface area contributed by atoms with Gasteiger partial charge in [0.15, 0.2) is 0 Å². The van der Waals surface area contributed by atoms with Gasteiger partial charge in [-0.1, -0.05) is 24.3 Å². The number of oxazole rings is 1. The van der Waals surface area contributed by atoms with E-state index in [4.69, 9.17) is 18.6 Å². The molecule has 0 aliphatic carbocycles. The number of methoxy groups -OCH3 is 1. The summed E-state index contributed by atoms with van der Waals surface area (Å²) in [7, 11) is 1.38. The van der Waals surface area contributed by atoms with Crippen molar-refractivity contribution >= 4 is 12.1 Å². The molecule has 36 heavy (non-hydrogen) atoms. The number of esters is 1. The van der Waals surface area contributed by atoms with E-state index in [1.807, 2.05) is 55.5 Å². The van der Waals surface area contributed by atoms with Crippen molar-refractivity contribution in [2.45, 2.75) is 52.6 Å². The van der Waals surface area contributed by atoms with Crippen LogP contribution in [0.4, 0.5) is 4.79 Å². The summed E-state index contributed by atoms with van der Waals surface area (Å²) in [6.07, 6.45) is 1.36. The molecule has 8 nitrogen and oxygen atoms in total. The largest absolute Gasteiger partial charge is 0.493 e. The molecule has 0 spiro atoms. The minimum absolute atomic E-state index is 0. The third-order valence-electron chi connectivity index (χ3n) is 5.53. The van der Waals surface area contributed by atoms with Crippen LogP contribution < -0.4 is 10.1 Å². The Hall–Kier alpha value is -3.81. The van der Waals surface area contributed by atoms with Crippen LogP contribution in [0.5, 0.6) is 5.75 Å². The van der Waals surface area contributed by atoms with Gasteiger partial charge in [-0.05, 0) is 69.0 Å². The van der Waals surface area contributed by atoms with E-state index in [9.17, 15) is 9.59 Å². The van der Waals surface area contributed by atoms with Crippen molar-refractivity contribution in [3.05, 3.63) is 71.1 Å². The third-order valence-corrected chi connectivity index (χ3v) is 5.53. The van der Waals surface area contributed by atoms with Gasteiger partial charge in [0.1, 0.15) is 11.5 Å². The zero-order valence-corrected chi connectivity index (χ0v) is 21.3. The zero-order chi connectivity index (χ0) is 25.9. The van der Waals surface area contributed by atoms with Gasteiger partial charge in [0.25, 0.3) is 0 Å². The third kappa shape index (κ3) is 8.15. The fraction of sp³-hybridized carbons (Fsp3) is 0.393. The van der Waals surface area contributed by atoms with Crippen LogP contribution in [-0.2, 0) is 33.5 Å².